The minimum atomic E-state index is -0.657. The molecule has 4 aliphatic rings. The molecule has 0 saturated heterocycles. The Hall–Kier alpha value is 0.0500. The minimum absolute atomic E-state index is 0.197. The number of carboxylic acid groups (broad SMARTS) is 1. The number of aliphatic carboxylic acids is 1. The van der Waals surface area contributed by atoms with Crippen molar-refractivity contribution in [2.75, 3.05) is 0 Å². The van der Waals surface area contributed by atoms with Crippen molar-refractivity contribution in [3.05, 3.63) is 0 Å². The summed E-state index contributed by atoms with van der Waals surface area (Å²) in [5.41, 5.74) is -0.496. The van der Waals surface area contributed by atoms with E-state index in [1.807, 2.05) is 0 Å². The predicted molar refractivity (Wildman–Crippen MR) is 58.1 cm³/mol. The molecule has 4 aliphatic carbocycles. The van der Waals surface area contributed by atoms with Crippen molar-refractivity contribution >= 4 is 29.2 Å². The summed E-state index contributed by atoms with van der Waals surface area (Å²) in [6, 6.07) is 0. The number of carboxylic acids is 1. The zero-order chi connectivity index (χ0) is 10.8. The van der Waals surface area contributed by atoms with E-state index in [1.54, 1.807) is 0 Å². The van der Waals surface area contributed by atoms with Gasteiger partial charge in [0.15, 0.2) is 0 Å². The fraction of sp³-hybridized carbons (Fsp3) is 0.909. The van der Waals surface area contributed by atoms with Gasteiger partial charge >= 0.3 is 5.97 Å². The summed E-state index contributed by atoms with van der Waals surface area (Å²) in [5.74, 6) is 0.307. The molecule has 0 aliphatic heterocycles. The lowest BCUT2D eigenvalue weighted by molar-refractivity contribution is -0.165. The van der Waals surface area contributed by atoms with Crippen molar-refractivity contribution in [2.24, 2.45) is 23.2 Å². The summed E-state index contributed by atoms with van der Waals surface area (Å²) >= 11 is 12.7. The Balaban J connectivity index is 2.00. The fourth-order valence-corrected chi connectivity index (χ4v) is 4.83. The van der Waals surface area contributed by atoms with Crippen LogP contribution in [0.4, 0.5) is 0 Å². The first kappa shape index (κ1) is 10.2. The number of halogens is 2. The van der Waals surface area contributed by atoms with Gasteiger partial charge in [-0.05, 0) is 49.9 Å². The first-order chi connectivity index (χ1) is 6.94. The van der Waals surface area contributed by atoms with Crippen LogP contribution in [-0.4, -0.2) is 15.4 Å². The Bertz CT molecular complexity index is 309. The van der Waals surface area contributed by atoms with E-state index >= 15 is 0 Å². The Labute approximate surface area is 98.9 Å². The average molecular weight is 249 g/mol. The number of carbonyl (C=O) groups is 1. The second-order valence-electron chi connectivity index (χ2n) is 5.60. The zero-order valence-electron chi connectivity index (χ0n) is 8.38. The summed E-state index contributed by atoms with van der Waals surface area (Å²) in [6.45, 7) is 0. The SMILES string of the molecule is O=C(O)C12CC3CC(C1)C(Cl)(Cl)C(C3)C2. The maximum Gasteiger partial charge on any atom is 0.309 e. The molecule has 4 heteroatoms. The summed E-state index contributed by atoms with van der Waals surface area (Å²) in [7, 11) is 0. The lowest BCUT2D eigenvalue weighted by atomic mass is 9.49. The zero-order valence-corrected chi connectivity index (χ0v) is 9.89. The van der Waals surface area contributed by atoms with Crippen molar-refractivity contribution in [3.63, 3.8) is 0 Å². The molecule has 2 nitrogen and oxygen atoms in total. The molecule has 4 rings (SSSR count). The average Bonchev–Trinajstić information content (AvgIpc) is 2.13. The van der Waals surface area contributed by atoms with E-state index in [1.165, 1.54) is 0 Å². The molecule has 2 atom stereocenters. The van der Waals surface area contributed by atoms with Crippen LogP contribution in [0.25, 0.3) is 0 Å². The van der Waals surface area contributed by atoms with Crippen LogP contribution in [0.5, 0.6) is 0 Å². The van der Waals surface area contributed by atoms with Crippen LogP contribution in [0.1, 0.15) is 32.1 Å². The molecular formula is C11H14Cl2O2. The Morgan fingerprint density at radius 3 is 2.13 bits per heavy atom. The highest BCUT2D eigenvalue weighted by molar-refractivity contribution is 6.49. The molecular weight excluding hydrogens is 235 g/mol. The number of alkyl halides is 2. The third-order valence-electron chi connectivity index (χ3n) is 4.73. The van der Waals surface area contributed by atoms with Gasteiger partial charge < -0.3 is 5.11 Å². The third kappa shape index (κ3) is 1.21. The van der Waals surface area contributed by atoms with Crippen LogP contribution in [0, 0.1) is 23.2 Å². The second kappa shape index (κ2) is 2.84. The molecule has 0 spiro atoms. The first-order valence-electron chi connectivity index (χ1n) is 5.55. The van der Waals surface area contributed by atoms with Gasteiger partial charge in [0.1, 0.15) is 4.33 Å². The van der Waals surface area contributed by atoms with Gasteiger partial charge in [0.05, 0.1) is 5.41 Å². The summed E-state index contributed by atoms with van der Waals surface area (Å²) < 4.78 is -0.657. The van der Waals surface area contributed by atoms with Crippen LogP contribution in [0.15, 0.2) is 0 Å². The molecule has 0 amide bonds. The molecule has 0 radical (unpaired) electrons. The maximum atomic E-state index is 11.4. The summed E-state index contributed by atoms with van der Waals surface area (Å²) in [5, 5.41) is 9.36. The van der Waals surface area contributed by atoms with Gasteiger partial charge in [0.25, 0.3) is 0 Å². The van der Waals surface area contributed by atoms with E-state index < -0.39 is 15.7 Å². The lowest BCUT2D eigenvalue weighted by Crippen LogP contribution is -2.58. The highest BCUT2D eigenvalue weighted by Crippen LogP contribution is 2.66. The fourth-order valence-electron chi connectivity index (χ4n) is 4.16. The van der Waals surface area contributed by atoms with Crippen LogP contribution >= 0.6 is 23.2 Å². The van der Waals surface area contributed by atoms with E-state index in [2.05, 4.69) is 0 Å². The molecule has 4 saturated carbocycles. The van der Waals surface area contributed by atoms with Crippen LogP contribution in [-0.2, 0) is 4.79 Å². The van der Waals surface area contributed by atoms with Crippen molar-refractivity contribution in [3.8, 4) is 0 Å². The van der Waals surface area contributed by atoms with Crippen molar-refractivity contribution < 1.29 is 9.90 Å². The van der Waals surface area contributed by atoms with Crippen molar-refractivity contribution in [1.82, 2.24) is 0 Å². The van der Waals surface area contributed by atoms with E-state index in [4.69, 9.17) is 23.2 Å². The number of hydrogen-bond acceptors (Lipinski definition) is 1. The number of rotatable bonds is 1. The molecule has 15 heavy (non-hydrogen) atoms. The summed E-state index contributed by atoms with van der Waals surface area (Å²) in [4.78, 5) is 11.4. The van der Waals surface area contributed by atoms with Crippen LogP contribution < -0.4 is 0 Å². The molecule has 4 fully saturated rings. The van der Waals surface area contributed by atoms with Gasteiger partial charge in [-0.2, -0.15) is 0 Å². The number of hydrogen-bond donors (Lipinski definition) is 1. The molecule has 84 valence electrons. The normalized spacial score (nSPS) is 50.7. The van der Waals surface area contributed by atoms with E-state index in [-0.39, 0.29) is 11.8 Å². The van der Waals surface area contributed by atoms with Gasteiger partial charge in [-0.25, -0.2) is 0 Å². The Morgan fingerprint density at radius 1 is 1.13 bits per heavy atom. The smallest absolute Gasteiger partial charge is 0.309 e. The maximum absolute atomic E-state index is 11.4. The molecule has 0 aromatic carbocycles. The second-order valence-corrected chi connectivity index (χ2v) is 7.05. The van der Waals surface area contributed by atoms with Crippen LogP contribution in [0.2, 0.25) is 0 Å². The van der Waals surface area contributed by atoms with E-state index in [0.717, 1.165) is 19.3 Å². The standard InChI is InChI=1S/C11H14Cl2O2/c12-11(13)7-1-6-2-8(11)5-10(3-6,4-7)9(14)15/h6-8H,1-5H2,(H,14,15). The minimum Gasteiger partial charge on any atom is -0.481 e. The monoisotopic (exact) mass is 248 g/mol. The summed E-state index contributed by atoms with van der Waals surface area (Å²) in [6.07, 6.45) is 4.26. The topological polar surface area (TPSA) is 37.3 Å². The molecule has 2 unspecified atom stereocenters. The van der Waals surface area contributed by atoms with Gasteiger partial charge in [-0.1, -0.05) is 0 Å². The van der Waals surface area contributed by atoms with Gasteiger partial charge in [0.2, 0.25) is 0 Å². The quantitative estimate of drug-likeness (QED) is 0.725. The largest absolute Gasteiger partial charge is 0.481 e. The van der Waals surface area contributed by atoms with Gasteiger partial charge in [-0.3, -0.25) is 4.79 Å². The van der Waals surface area contributed by atoms with E-state index in [0.29, 0.717) is 18.8 Å². The molecule has 4 bridgehead atoms. The predicted octanol–water partition coefficient (Wildman–Crippen LogP) is 3.07. The highest BCUT2D eigenvalue weighted by atomic mass is 35.5. The molecule has 0 aromatic rings. The molecule has 0 aromatic heterocycles. The van der Waals surface area contributed by atoms with E-state index in [9.17, 15) is 9.90 Å². The Kier molecular flexibility index (Phi) is 1.93. The van der Waals surface area contributed by atoms with Gasteiger partial charge in [-0.15, -0.1) is 23.2 Å². The van der Waals surface area contributed by atoms with Crippen molar-refractivity contribution in [1.29, 1.82) is 0 Å². The first-order valence-corrected chi connectivity index (χ1v) is 6.31. The molecule has 1 N–H and O–H groups in total. The van der Waals surface area contributed by atoms with Crippen molar-refractivity contribution in [2.45, 2.75) is 36.4 Å². The van der Waals surface area contributed by atoms with Gasteiger partial charge in [0, 0.05) is 0 Å². The Morgan fingerprint density at radius 2 is 1.67 bits per heavy atom. The van der Waals surface area contributed by atoms with Crippen LogP contribution in [0.3, 0.4) is 0 Å². The lowest BCUT2D eigenvalue weighted by Gasteiger charge is -2.59. The highest BCUT2D eigenvalue weighted by Gasteiger charge is 2.63. The molecule has 0 heterocycles. The third-order valence-corrected chi connectivity index (χ3v) is 5.97.